The van der Waals surface area contributed by atoms with Gasteiger partial charge < -0.3 is 9.73 Å². The van der Waals surface area contributed by atoms with E-state index in [4.69, 9.17) is 9.68 Å². The average Bonchev–Trinajstić information content (AvgIpc) is 3.05. The van der Waals surface area contributed by atoms with E-state index in [0.29, 0.717) is 27.7 Å². The SMILES string of the molecule is N#CCC(=O)Nc1ccc2cc(-n3nc4ccccc4n3)c(=O)oc2c1. The van der Waals surface area contributed by atoms with Gasteiger partial charge in [0.2, 0.25) is 5.91 Å². The number of hydrogen-bond donors (Lipinski definition) is 1. The van der Waals surface area contributed by atoms with Gasteiger partial charge in [0.15, 0.2) is 5.69 Å². The zero-order chi connectivity index (χ0) is 18.1. The molecule has 0 aliphatic heterocycles. The number of rotatable bonds is 3. The monoisotopic (exact) mass is 345 g/mol. The van der Waals surface area contributed by atoms with E-state index < -0.39 is 11.5 Å². The fourth-order valence-corrected chi connectivity index (χ4v) is 2.56. The third-order valence-corrected chi connectivity index (χ3v) is 3.74. The summed E-state index contributed by atoms with van der Waals surface area (Å²) in [6.07, 6.45) is -0.251. The van der Waals surface area contributed by atoms with Gasteiger partial charge in [-0.05, 0) is 30.3 Å². The van der Waals surface area contributed by atoms with Crippen molar-refractivity contribution in [2.24, 2.45) is 0 Å². The minimum Gasteiger partial charge on any atom is -0.421 e. The minimum atomic E-state index is -0.599. The van der Waals surface area contributed by atoms with E-state index in [2.05, 4.69) is 15.5 Å². The number of hydrogen-bond acceptors (Lipinski definition) is 6. The quantitative estimate of drug-likeness (QED) is 0.570. The van der Waals surface area contributed by atoms with Crippen LogP contribution in [0, 0.1) is 11.3 Å². The Hall–Kier alpha value is -3.99. The topological polar surface area (TPSA) is 114 Å². The Morgan fingerprint density at radius 1 is 1.15 bits per heavy atom. The van der Waals surface area contributed by atoms with E-state index >= 15 is 0 Å². The first-order valence-electron chi connectivity index (χ1n) is 7.71. The largest absolute Gasteiger partial charge is 0.421 e. The van der Waals surface area contributed by atoms with Gasteiger partial charge in [-0.3, -0.25) is 4.79 Å². The second-order valence-electron chi connectivity index (χ2n) is 5.53. The van der Waals surface area contributed by atoms with Crippen molar-refractivity contribution in [1.29, 1.82) is 5.26 Å². The Balaban J connectivity index is 1.76. The van der Waals surface area contributed by atoms with Crippen LogP contribution in [0.5, 0.6) is 0 Å². The molecular formula is C18H11N5O3. The van der Waals surface area contributed by atoms with Crippen LogP contribution in [0.2, 0.25) is 0 Å². The maximum absolute atomic E-state index is 12.3. The number of carbonyl (C=O) groups is 1. The van der Waals surface area contributed by atoms with E-state index in [0.717, 1.165) is 0 Å². The summed E-state index contributed by atoms with van der Waals surface area (Å²) in [7, 11) is 0. The molecule has 0 aliphatic carbocycles. The third-order valence-electron chi connectivity index (χ3n) is 3.74. The van der Waals surface area contributed by atoms with Crippen LogP contribution in [0.25, 0.3) is 27.7 Å². The third kappa shape index (κ3) is 2.78. The van der Waals surface area contributed by atoms with Crippen molar-refractivity contribution >= 4 is 33.6 Å². The molecule has 0 atom stereocenters. The molecule has 0 saturated carbocycles. The van der Waals surface area contributed by atoms with Gasteiger partial charge in [-0.25, -0.2) is 4.79 Å². The van der Waals surface area contributed by atoms with E-state index in [1.807, 2.05) is 12.1 Å². The van der Waals surface area contributed by atoms with Crippen LogP contribution in [-0.4, -0.2) is 20.9 Å². The van der Waals surface area contributed by atoms with E-state index in [9.17, 15) is 9.59 Å². The van der Waals surface area contributed by atoms with Gasteiger partial charge >= 0.3 is 5.63 Å². The number of benzene rings is 2. The van der Waals surface area contributed by atoms with E-state index in [-0.39, 0.29) is 12.1 Å². The van der Waals surface area contributed by atoms with Crippen molar-refractivity contribution in [3.63, 3.8) is 0 Å². The lowest BCUT2D eigenvalue weighted by Crippen LogP contribution is -2.13. The number of nitriles is 1. The van der Waals surface area contributed by atoms with E-state index in [1.165, 1.54) is 10.9 Å². The summed E-state index contributed by atoms with van der Waals surface area (Å²) in [6, 6.07) is 15.6. The van der Waals surface area contributed by atoms with Gasteiger partial charge in [0, 0.05) is 17.1 Å². The van der Waals surface area contributed by atoms with Crippen molar-refractivity contribution < 1.29 is 9.21 Å². The van der Waals surface area contributed by atoms with Gasteiger partial charge in [-0.2, -0.15) is 5.26 Å². The molecule has 8 heteroatoms. The number of carbonyl (C=O) groups excluding carboxylic acids is 1. The molecular weight excluding hydrogens is 334 g/mol. The lowest BCUT2D eigenvalue weighted by atomic mass is 10.2. The number of amides is 1. The van der Waals surface area contributed by atoms with Gasteiger partial charge in [0.05, 0.1) is 6.07 Å². The van der Waals surface area contributed by atoms with Crippen LogP contribution in [0.3, 0.4) is 0 Å². The summed E-state index contributed by atoms with van der Waals surface area (Å²) in [5, 5.41) is 20.3. The zero-order valence-corrected chi connectivity index (χ0v) is 13.3. The summed E-state index contributed by atoms with van der Waals surface area (Å²) in [4.78, 5) is 25.1. The number of aromatic nitrogens is 3. The molecule has 0 saturated heterocycles. The molecule has 1 amide bonds. The molecule has 4 aromatic rings. The van der Waals surface area contributed by atoms with Crippen LogP contribution in [0.4, 0.5) is 5.69 Å². The summed E-state index contributed by atoms with van der Waals surface area (Å²) in [5.41, 5.74) is 1.68. The molecule has 2 heterocycles. The summed E-state index contributed by atoms with van der Waals surface area (Å²) in [5.74, 6) is -0.432. The first-order chi connectivity index (χ1) is 12.6. The fraction of sp³-hybridized carbons (Fsp3) is 0.0556. The maximum atomic E-state index is 12.3. The molecule has 0 spiro atoms. The first-order valence-corrected chi connectivity index (χ1v) is 7.71. The Kier molecular flexibility index (Phi) is 3.67. The highest BCUT2D eigenvalue weighted by atomic mass is 16.4. The molecule has 0 aliphatic rings. The van der Waals surface area contributed by atoms with Crippen molar-refractivity contribution in [2.75, 3.05) is 5.32 Å². The second kappa shape index (κ2) is 6.14. The normalized spacial score (nSPS) is 10.7. The second-order valence-corrected chi connectivity index (χ2v) is 5.53. The molecule has 4 rings (SSSR count). The average molecular weight is 345 g/mol. The van der Waals surface area contributed by atoms with Gasteiger partial charge in [0.1, 0.15) is 23.0 Å². The summed E-state index contributed by atoms with van der Waals surface area (Å²) >= 11 is 0. The molecule has 0 fully saturated rings. The van der Waals surface area contributed by atoms with Crippen molar-refractivity contribution in [2.45, 2.75) is 6.42 Å². The first kappa shape index (κ1) is 15.5. The van der Waals surface area contributed by atoms with Gasteiger partial charge in [0.25, 0.3) is 0 Å². The summed E-state index contributed by atoms with van der Waals surface area (Å²) < 4.78 is 5.35. The Morgan fingerprint density at radius 2 is 1.88 bits per heavy atom. The van der Waals surface area contributed by atoms with Crippen LogP contribution in [0.1, 0.15) is 6.42 Å². The van der Waals surface area contributed by atoms with Gasteiger partial charge in [-0.15, -0.1) is 15.0 Å². The zero-order valence-electron chi connectivity index (χ0n) is 13.3. The van der Waals surface area contributed by atoms with Crippen LogP contribution in [-0.2, 0) is 4.79 Å². The molecule has 8 nitrogen and oxygen atoms in total. The molecule has 1 N–H and O–H groups in total. The predicted octanol–water partition coefficient (Wildman–Crippen LogP) is 2.38. The Bertz CT molecular complexity index is 1220. The molecule has 26 heavy (non-hydrogen) atoms. The standard InChI is InChI=1S/C18H11N5O3/c19-8-7-17(24)20-12-6-5-11-9-15(18(25)26-16(11)10-12)23-21-13-3-1-2-4-14(13)22-23/h1-6,9-10H,7H2,(H,20,24). The van der Waals surface area contributed by atoms with Crippen molar-refractivity contribution in [3.8, 4) is 11.8 Å². The smallest absolute Gasteiger partial charge is 0.364 e. The maximum Gasteiger partial charge on any atom is 0.364 e. The molecule has 2 aromatic heterocycles. The van der Waals surface area contributed by atoms with Crippen LogP contribution in [0.15, 0.2) is 57.7 Å². The molecule has 0 unspecified atom stereocenters. The van der Waals surface area contributed by atoms with Crippen LogP contribution >= 0.6 is 0 Å². The Morgan fingerprint density at radius 3 is 2.58 bits per heavy atom. The number of nitrogens with zero attached hydrogens (tertiary/aromatic N) is 4. The fourth-order valence-electron chi connectivity index (χ4n) is 2.56. The minimum absolute atomic E-state index is 0.190. The highest BCUT2D eigenvalue weighted by Crippen LogP contribution is 2.20. The highest BCUT2D eigenvalue weighted by Gasteiger charge is 2.12. The van der Waals surface area contributed by atoms with Crippen molar-refractivity contribution in [1.82, 2.24) is 15.0 Å². The molecule has 2 aromatic carbocycles. The highest BCUT2D eigenvalue weighted by molar-refractivity contribution is 5.94. The number of fused-ring (bicyclic) bond motifs is 2. The van der Waals surface area contributed by atoms with E-state index in [1.54, 1.807) is 36.4 Å². The number of anilines is 1. The summed E-state index contributed by atoms with van der Waals surface area (Å²) in [6.45, 7) is 0. The molecule has 0 bridgehead atoms. The van der Waals surface area contributed by atoms with Crippen LogP contribution < -0.4 is 10.9 Å². The Labute approximate surface area is 146 Å². The van der Waals surface area contributed by atoms with Crippen molar-refractivity contribution in [3.05, 3.63) is 59.0 Å². The lowest BCUT2D eigenvalue weighted by Gasteiger charge is -2.05. The lowest BCUT2D eigenvalue weighted by molar-refractivity contribution is -0.115. The number of nitrogens with one attached hydrogen (secondary N) is 1. The molecule has 126 valence electrons. The molecule has 0 radical (unpaired) electrons. The van der Waals surface area contributed by atoms with Gasteiger partial charge in [-0.1, -0.05) is 12.1 Å². The predicted molar refractivity (Wildman–Crippen MR) is 93.8 cm³/mol.